The highest BCUT2D eigenvalue weighted by atomic mass is 16.6. The van der Waals surface area contributed by atoms with Gasteiger partial charge in [-0.05, 0) is 25.5 Å². The van der Waals surface area contributed by atoms with E-state index in [2.05, 4.69) is 31.0 Å². The topological polar surface area (TPSA) is 73.7 Å². The van der Waals surface area contributed by atoms with Crippen LogP contribution in [0.25, 0.3) is 0 Å². The van der Waals surface area contributed by atoms with Crippen LogP contribution in [0.3, 0.4) is 0 Å². The van der Waals surface area contributed by atoms with Crippen LogP contribution in [0, 0.1) is 0 Å². The van der Waals surface area contributed by atoms with Gasteiger partial charge in [0.05, 0.1) is 7.11 Å². The number of nitrogens with one attached hydrogen (secondary N) is 1. The minimum Gasteiger partial charge on any atom is -0.496 e. The summed E-state index contributed by atoms with van der Waals surface area (Å²) in [5.41, 5.74) is 1.14. The molecule has 0 saturated carbocycles. The van der Waals surface area contributed by atoms with Gasteiger partial charge in [0.1, 0.15) is 30.6 Å². The van der Waals surface area contributed by atoms with E-state index in [1.54, 1.807) is 7.11 Å². The minimum absolute atomic E-state index is 0.423. The molecule has 1 atom stereocenters. The molecule has 3 aliphatic rings. The molecule has 0 aliphatic carbocycles. The predicted octanol–water partition coefficient (Wildman–Crippen LogP) is 1.58. The van der Waals surface area contributed by atoms with E-state index >= 15 is 0 Å². The number of methoxy groups -OCH3 is 1. The second-order valence-corrected chi connectivity index (χ2v) is 8.01. The third kappa shape index (κ3) is 3.79. The number of aromatic nitrogens is 3. The number of hydrogen-bond donors (Lipinski definition) is 1. The number of ether oxygens (including phenoxy) is 3. The zero-order valence-corrected chi connectivity index (χ0v) is 17.0. The number of piperidine rings is 1. The van der Waals surface area contributed by atoms with Crippen LogP contribution in [-0.4, -0.2) is 66.2 Å². The van der Waals surface area contributed by atoms with Crippen LogP contribution in [0.15, 0.2) is 12.1 Å². The molecule has 1 aromatic heterocycles. The van der Waals surface area contributed by atoms with Crippen LogP contribution in [0.4, 0.5) is 0 Å². The fraction of sp³-hybridized carbons (Fsp3) is 0.619. The van der Waals surface area contributed by atoms with Crippen molar-refractivity contribution >= 4 is 0 Å². The van der Waals surface area contributed by atoms with Gasteiger partial charge in [0.25, 0.3) is 0 Å². The predicted molar refractivity (Wildman–Crippen MR) is 108 cm³/mol. The average molecular weight is 399 g/mol. The smallest absolute Gasteiger partial charge is 0.165 e. The summed E-state index contributed by atoms with van der Waals surface area (Å²) < 4.78 is 19.5. The molecule has 0 bridgehead atoms. The molecule has 3 aliphatic heterocycles. The standard InChI is InChI=1S/C21H29N5O3/c1-27-17-12-19-18(28-9-10-29-19)11-16(17)14-25-7-2-3-15(13-25)21-24-23-20-4-5-22-6-8-26(20)21/h11-12,15,22H,2-10,13-14H2,1H3. The molecule has 156 valence electrons. The third-order valence-corrected chi connectivity index (χ3v) is 6.10. The Kier molecular flexibility index (Phi) is 5.28. The zero-order chi connectivity index (χ0) is 19.6. The fourth-order valence-electron chi connectivity index (χ4n) is 4.67. The highest BCUT2D eigenvalue weighted by Crippen LogP contribution is 2.38. The molecule has 1 unspecified atom stereocenters. The number of fused-ring (bicyclic) bond motifs is 2. The lowest BCUT2D eigenvalue weighted by atomic mass is 9.96. The highest BCUT2D eigenvalue weighted by Gasteiger charge is 2.28. The molecule has 4 heterocycles. The lowest BCUT2D eigenvalue weighted by molar-refractivity contribution is 0.168. The SMILES string of the molecule is COc1cc2c(cc1CN1CCCC(c3nnc4n3CCNCC4)C1)OCCO2. The molecule has 1 N–H and O–H groups in total. The molecule has 1 fully saturated rings. The van der Waals surface area contributed by atoms with Crippen LogP contribution in [0.1, 0.15) is 36.0 Å². The monoisotopic (exact) mass is 399 g/mol. The van der Waals surface area contributed by atoms with Gasteiger partial charge in [-0.1, -0.05) is 0 Å². The van der Waals surface area contributed by atoms with E-state index in [9.17, 15) is 0 Å². The Hall–Kier alpha value is -2.32. The van der Waals surface area contributed by atoms with Crippen LogP contribution in [0.2, 0.25) is 0 Å². The Labute approximate surface area is 171 Å². The largest absolute Gasteiger partial charge is 0.496 e. The van der Waals surface area contributed by atoms with Crippen molar-refractivity contribution in [3.63, 3.8) is 0 Å². The lowest BCUT2D eigenvalue weighted by Crippen LogP contribution is -2.35. The highest BCUT2D eigenvalue weighted by molar-refractivity contribution is 5.51. The van der Waals surface area contributed by atoms with Crippen LogP contribution in [0.5, 0.6) is 17.2 Å². The van der Waals surface area contributed by atoms with Gasteiger partial charge in [-0.2, -0.15) is 0 Å². The summed E-state index contributed by atoms with van der Waals surface area (Å²) in [6, 6.07) is 4.03. The van der Waals surface area contributed by atoms with Crippen molar-refractivity contribution in [3.8, 4) is 17.2 Å². The number of rotatable bonds is 4. The molecule has 29 heavy (non-hydrogen) atoms. The van der Waals surface area contributed by atoms with Crippen molar-refractivity contribution < 1.29 is 14.2 Å². The second kappa shape index (κ2) is 8.20. The Balaban J connectivity index is 1.34. The first-order chi connectivity index (χ1) is 14.3. The van der Waals surface area contributed by atoms with Crippen molar-refractivity contribution in [2.75, 3.05) is 46.5 Å². The Bertz CT molecular complexity index is 868. The molecule has 8 heteroatoms. The van der Waals surface area contributed by atoms with Gasteiger partial charge in [0, 0.05) is 56.7 Å². The van der Waals surface area contributed by atoms with Gasteiger partial charge >= 0.3 is 0 Å². The van der Waals surface area contributed by atoms with Crippen LogP contribution < -0.4 is 19.5 Å². The average Bonchev–Trinajstić information content (AvgIpc) is 3.01. The van der Waals surface area contributed by atoms with Gasteiger partial charge in [0.15, 0.2) is 11.5 Å². The minimum atomic E-state index is 0.423. The number of hydrogen-bond acceptors (Lipinski definition) is 7. The first-order valence-corrected chi connectivity index (χ1v) is 10.6. The normalized spacial score (nSPS) is 22.0. The maximum atomic E-state index is 5.78. The van der Waals surface area contributed by atoms with E-state index in [0.717, 1.165) is 86.6 Å². The van der Waals surface area contributed by atoms with E-state index in [1.807, 2.05) is 6.07 Å². The van der Waals surface area contributed by atoms with Gasteiger partial charge < -0.3 is 24.1 Å². The van der Waals surface area contributed by atoms with Crippen molar-refractivity contribution in [2.45, 2.75) is 38.3 Å². The van der Waals surface area contributed by atoms with E-state index < -0.39 is 0 Å². The quantitative estimate of drug-likeness (QED) is 0.837. The van der Waals surface area contributed by atoms with Crippen molar-refractivity contribution in [3.05, 3.63) is 29.3 Å². The first kappa shape index (κ1) is 18.7. The fourth-order valence-corrected chi connectivity index (χ4v) is 4.67. The van der Waals surface area contributed by atoms with Crippen molar-refractivity contribution in [2.24, 2.45) is 0 Å². The number of nitrogens with zero attached hydrogens (tertiary/aromatic N) is 4. The van der Waals surface area contributed by atoms with Crippen LogP contribution in [-0.2, 0) is 19.5 Å². The van der Waals surface area contributed by atoms with E-state index in [4.69, 9.17) is 14.2 Å². The molecule has 5 rings (SSSR count). The summed E-state index contributed by atoms with van der Waals surface area (Å²) in [4.78, 5) is 2.50. The summed E-state index contributed by atoms with van der Waals surface area (Å²) >= 11 is 0. The van der Waals surface area contributed by atoms with Gasteiger partial charge in [-0.3, -0.25) is 4.90 Å². The summed E-state index contributed by atoms with van der Waals surface area (Å²) in [6.07, 6.45) is 3.29. The van der Waals surface area contributed by atoms with Crippen molar-refractivity contribution in [1.82, 2.24) is 25.0 Å². The molecule has 1 saturated heterocycles. The van der Waals surface area contributed by atoms with Gasteiger partial charge in [-0.25, -0.2) is 0 Å². The summed E-state index contributed by atoms with van der Waals surface area (Å²) in [5, 5.41) is 12.5. The summed E-state index contributed by atoms with van der Waals surface area (Å²) in [5.74, 6) is 5.15. The van der Waals surface area contributed by atoms with E-state index in [0.29, 0.717) is 19.1 Å². The molecule has 8 nitrogen and oxygen atoms in total. The van der Waals surface area contributed by atoms with Gasteiger partial charge in [0.2, 0.25) is 0 Å². The number of benzene rings is 1. The molecule has 2 aromatic rings. The molecule has 1 aromatic carbocycles. The molecular weight excluding hydrogens is 370 g/mol. The summed E-state index contributed by atoms with van der Waals surface area (Å²) in [7, 11) is 1.72. The third-order valence-electron chi connectivity index (χ3n) is 6.10. The zero-order valence-electron chi connectivity index (χ0n) is 17.0. The number of likely N-dealkylation sites (tertiary alicyclic amines) is 1. The van der Waals surface area contributed by atoms with Crippen molar-refractivity contribution in [1.29, 1.82) is 0 Å². The Morgan fingerprint density at radius 3 is 2.86 bits per heavy atom. The molecule has 0 amide bonds. The molecule has 0 radical (unpaired) electrons. The maximum absolute atomic E-state index is 5.78. The van der Waals surface area contributed by atoms with E-state index in [1.165, 1.54) is 6.42 Å². The van der Waals surface area contributed by atoms with Crippen LogP contribution >= 0.6 is 0 Å². The molecule has 0 spiro atoms. The Morgan fingerprint density at radius 2 is 2.00 bits per heavy atom. The van der Waals surface area contributed by atoms with E-state index in [-0.39, 0.29) is 0 Å². The molecular formula is C21H29N5O3. The van der Waals surface area contributed by atoms with Gasteiger partial charge in [-0.15, -0.1) is 10.2 Å². The second-order valence-electron chi connectivity index (χ2n) is 8.01. The lowest BCUT2D eigenvalue weighted by Gasteiger charge is -2.33. The first-order valence-electron chi connectivity index (χ1n) is 10.6. The Morgan fingerprint density at radius 1 is 1.14 bits per heavy atom. The summed E-state index contributed by atoms with van der Waals surface area (Å²) in [6.45, 7) is 7.02. The maximum Gasteiger partial charge on any atom is 0.165 e.